The van der Waals surface area contributed by atoms with E-state index in [1.54, 1.807) is 0 Å². The first-order chi connectivity index (χ1) is 8.88. The first kappa shape index (κ1) is 14.5. The first-order valence-corrected chi connectivity index (χ1v) is 6.91. The van der Waals surface area contributed by atoms with Crippen LogP contribution in [-0.2, 0) is 0 Å². The highest BCUT2D eigenvalue weighted by Crippen LogP contribution is 2.07. The van der Waals surface area contributed by atoms with E-state index in [1.807, 2.05) is 24.3 Å². The molecule has 1 nitrogen and oxygen atoms in total. The van der Waals surface area contributed by atoms with Gasteiger partial charge in [-0.15, -0.1) is 0 Å². The standard InChI is InChI=1S/C17H22O/c1-2-3-4-5-6-7-8-9-12-16-13-10-11-14-17(16)15-18/h10-11,13-15H,2-8H2,1H3. The highest BCUT2D eigenvalue weighted by molar-refractivity contribution is 5.79. The van der Waals surface area contributed by atoms with Gasteiger partial charge in [-0.25, -0.2) is 0 Å². The molecule has 0 N–H and O–H groups in total. The van der Waals surface area contributed by atoms with E-state index >= 15 is 0 Å². The molecule has 0 atom stereocenters. The van der Waals surface area contributed by atoms with E-state index in [1.165, 1.54) is 38.5 Å². The molecule has 1 rings (SSSR count). The minimum absolute atomic E-state index is 0.688. The molecule has 0 amide bonds. The van der Waals surface area contributed by atoms with Crippen molar-refractivity contribution < 1.29 is 4.79 Å². The van der Waals surface area contributed by atoms with Crippen LogP contribution in [0.4, 0.5) is 0 Å². The van der Waals surface area contributed by atoms with Gasteiger partial charge >= 0.3 is 0 Å². The summed E-state index contributed by atoms with van der Waals surface area (Å²) >= 11 is 0. The third kappa shape index (κ3) is 5.68. The Morgan fingerprint density at radius 3 is 2.56 bits per heavy atom. The van der Waals surface area contributed by atoms with Gasteiger partial charge in [0.05, 0.1) is 0 Å². The second-order valence-electron chi connectivity index (χ2n) is 4.52. The summed E-state index contributed by atoms with van der Waals surface area (Å²) in [7, 11) is 0. The van der Waals surface area contributed by atoms with E-state index in [0.29, 0.717) is 5.56 Å². The van der Waals surface area contributed by atoms with Crippen molar-refractivity contribution >= 4 is 6.29 Å². The lowest BCUT2D eigenvalue weighted by atomic mass is 10.1. The third-order valence-corrected chi connectivity index (χ3v) is 2.97. The zero-order chi connectivity index (χ0) is 13.1. The van der Waals surface area contributed by atoms with Crippen molar-refractivity contribution in [1.29, 1.82) is 0 Å². The Bertz CT molecular complexity index is 409. The second kappa shape index (κ2) is 9.48. The number of unbranched alkanes of at least 4 members (excludes halogenated alkanes) is 6. The third-order valence-electron chi connectivity index (χ3n) is 2.97. The van der Waals surface area contributed by atoms with E-state index in [9.17, 15) is 4.79 Å². The van der Waals surface area contributed by atoms with Crippen LogP contribution in [0.5, 0.6) is 0 Å². The number of aldehydes is 1. The van der Waals surface area contributed by atoms with E-state index in [-0.39, 0.29) is 0 Å². The summed E-state index contributed by atoms with van der Waals surface area (Å²) in [6.45, 7) is 2.23. The summed E-state index contributed by atoms with van der Waals surface area (Å²) in [6, 6.07) is 7.49. The van der Waals surface area contributed by atoms with Crippen molar-refractivity contribution in [3.8, 4) is 11.8 Å². The van der Waals surface area contributed by atoms with Gasteiger partial charge in [0.1, 0.15) is 0 Å². The minimum Gasteiger partial charge on any atom is -0.298 e. The minimum atomic E-state index is 0.688. The molecule has 0 aliphatic rings. The zero-order valence-corrected chi connectivity index (χ0v) is 11.2. The SMILES string of the molecule is CCCCCCCCC#Cc1ccccc1C=O. The van der Waals surface area contributed by atoms with Crippen molar-refractivity contribution in [3.05, 3.63) is 35.4 Å². The van der Waals surface area contributed by atoms with Crippen molar-refractivity contribution in [1.82, 2.24) is 0 Å². The van der Waals surface area contributed by atoms with E-state index in [4.69, 9.17) is 0 Å². The lowest BCUT2D eigenvalue weighted by molar-refractivity contribution is 0.112. The Morgan fingerprint density at radius 2 is 1.78 bits per heavy atom. The topological polar surface area (TPSA) is 17.1 Å². The van der Waals surface area contributed by atoms with Gasteiger partial charge in [0, 0.05) is 17.5 Å². The Hall–Kier alpha value is -1.55. The smallest absolute Gasteiger partial charge is 0.151 e. The van der Waals surface area contributed by atoms with Crippen LogP contribution in [0.2, 0.25) is 0 Å². The molecule has 0 aliphatic heterocycles. The molecule has 0 saturated carbocycles. The molecule has 18 heavy (non-hydrogen) atoms. The Kier molecular flexibility index (Phi) is 7.64. The largest absolute Gasteiger partial charge is 0.298 e. The molecule has 0 fully saturated rings. The van der Waals surface area contributed by atoms with Crippen LogP contribution >= 0.6 is 0 Å². The van der Waals surface area contributed by atoms with Crippen LogP contribution in [0.15, 0.2) is 24.3 Å². The van der Waals surface area contributed by atoms with E-state index in [2.05, 4.69) is 18.8 Å². The summed E-state index contributed by atoms with van der Waals surface area (Å²) in [5, 5.41) is 0. The van der Waals surface area contributed by atoms with Crippen molar-refractivity contribution in [2.24, 2.45) is 0 Å². The fourth-order valence-corrected chi connectivity index (χ4v) is 1.87. The Balaban J connectivity index is 2.27. The van der Waals surface area contributed by atoms with Crippen molar-refractivity contribution in [2.45, 2.75) is 51.9 Å². The number of hydrogen-bond donors (Lipinski definition) is 0. The quantitative estimate of drug-likeness (QED) is 0.388. The number of rotatable bonds is 7. The van der Waals surface area contributed by atoms with Crippen LogP contribution in [0, 0.1) is 11.8 Å². The van der Waals surface area contributed by atoms with Crippen LogP contribution < -0.4 is 0 Å². The predicted molar refractivity (Wildman–Crippen MR) is 76.7 cm³/mol. The van der Waals surface area contributed by atoms with Gasteiger partial charge < -0.3 is 0 Å². The summed E-state index contributed by atoms with van der Waals surface area (Å²) in [4.78, 5) is 10.8. The van der Waals surface area contributed by atoms with E-state index < -0.39 is 0 Å². The average Bonchev–Trinajstić information content (AvgIpc) is 2.42. The lowest BCUT2D eigenvalue weighted by Crippen LogP contribution is -1.85. The zero-order valence-electron chi connectivity index (χ0n) is 11.2. The second-order valence-corrected chi connectivity index (χ2v) is 4.52. The van der Waals surface area contributed by atoms with Gasteiger partial charge in [-0.1, -0.05) is 69.1 Å². The van der Waals surface area contributed by atoms with Crippen LogP contribution in [0.1, 0.15) is 67.8 Å². The summed E-state index contributed by atoms with van der Waals surface area (Å²) in [6.07, 6.45) is 9.54. The summed E-state index contributed by atoms with van der Waals surface area (Å²) in [5.74, 6) is 6.24. The number of hydrogen-bond acceptors (Lipinski definition) is 1. The Labute approximate surface area is 111 Å². The molecule has 1 aromatic carbocycles. The van der Waals surface area contributed by atoms with Crippen LogP contribution in [0.3, 0.4) is 0 Å². The molecule has 0 radical (unpaired) electrons. The molecule has 0 bridgehead atoms. The van der Waals surface area contributed by atoms with Gasteiger partial charge in [-0.2, -0.15) is 0 Å². The fraction of sp³-hybridized carbons (Fsp3) is 0.471. The average molecular weight is 242 g/mol. The van der Waals surface area contributed by atoms with Crippen molar-refractivity contribution in [3.63, 3.8) is 0 Å². The first-order valence-electron chi connectivity index (χ1n) is 6.91. The molecular formula is C17H22O. The molecule has 0 spiro atoms. The van der Waals surface area contributed by atoms with Crippen molar-refractivity contribution in [2.75, 3.05) is 0 Å². The molecule has 1 heteroatoms. The lowest BCUT2D eigenvalue weighted by Gasteiger charge is -1.97. The highest BCUT2D eigenvalue weighted by Gasteiger charge is 1.95. The molecule has 1 aromatic rings. The number of carbonyl (C=O) groups is 1. The van der Waals surface area contributed by atoms with Gasteiger partial charge in [0.2, 0.25) is 0 Å². The predicted octanol–water partition coefficient (Wildman–Crippen LogP) is 4.60. The monoisotopic (exact) mass is 242 g/mol. The van der Waals surface area contributed by atoms with Crippen LogP contribution in [-0.4, -0.2) is 6.29 Å². The maximum absolute atomic E-state index is 10.8. The van der Waals surface area contributed by atoms with Gasteiger partial charge in [-0.3, -0.25) is 4.79 Å². The molecule has 0 heterocycles. The molecular weight excluding hydrogens is 220 g/mol. The molecule has 0 aliphatic carbocycles. The summed E-state index contributed by atoms with van der Waals surface area (Å²) in [5.41, 5.74) is 1.53. The van der Waals surface area contributed by atoms with E-state index in [0.717, 1.165) is 18.3 Å². The molecule has 0 saturated heterocycles. The molecule has 0 aromatic heterocycles. The van der Waals surface area contributed by atoms with Crippen LogP contribution in [0.25, 0.3) is 0 Å². The number of benzene rings is 1. The van der Waals surface area contributed by atoms with Gasteiger partial charge in [-0.05, 0) is 12.5 Å². The van der Waals surface area contributed by atoms with Gasteiger partial charge in [0.25, 0.3) is 0 Å². The normalized spacial score (nSPS) is 9.61. The van der Waals surface area contributed by atoms with Gasteiger partial charge in [0.15, 0.2) is 6.29 Å². The molecule has 96 valence electrons. The Morgan fingerprint density at radius 1 is 1.06 bits per heavy atom. The molecule has 0 unspecified atom stereocenters. The fourth-order valence-electron chi connectivity index (χ4n) is 1.87. The highest BCUT2D eigenvalue weighted by atomic mass is 16.1. The summed E-state index contributed by atoms with van der Waals surface area (Å²) < 4.78 is 0. The maximum atomic E-state index is 10.8. The maximum Gasteiger partial charge on any atom is 0.151 e. The number of carbonyl (C=O) groups excluding carboxylic acids is 1.